The highest BCUT2D eigenvalue weighted by Gasteiger charge is 2.61. The van der Waals surface area contributed by atoms with Crippen molar-refractivity contribution in [1.29, 1.82) is 0 Å². The molecule has 0 saturated carbocycles. The van der Waals surface area contributed by atoms with E-state index in [4.69, 9.17) is 28.4 Å². The van der Waals surface area contributed by atoms with Gasteiger partial charge in [0, 0.05) is 13.3 Å². The molecule has 0 amide bonds. The summed E-state index contributed by atoms with van der Waals surface area (Å²) in [4.78, 5) is 53.9. The molecule has 1 N–H and O–H groups in total. The van der Waals surface area contributed by atoms with Crippen LogP contribution in [-0.2, 0) is 47.9 Å². The Balaban J connectivity index is 1.45. The number of aliphatic hydroxyl groups is 1. The smallest absolute Gasteiger partial charge is 0.338 e. The Bertz CT molecular complexity index is 2140. The molecule has 0 radical (unpaired) electrons. The molecule has 11 nitrogen and oxygen atoms in total. The van der Waals surface area contributed by atoms with E-state index in [0.29, 0.717) is 17.5 Å². The van der Waals surface area contributed by atoms with Gasteiger partial charge < -0.3 is 33.5 Å². The normalized spacial score (nSPS) is 20.1. The molecule has 1 heterocycles. The SMILES string of the molecule is CCc1ccc(Cc2ccc(CO)cc2O[C@H]2O[C@H](COC(=O)c3ccccc3)[C@@](C)(OC(C)=O)[C@H](OC(=O)c3ccccc3)[C@H]2OC(=O)c2ccccc2)cc1. The maximum Gasteiger partial charge on any atom is 0.338 e. The molecule has 0 aliphatic carbocycles. The van der Waals surface area contributed by atoms with Crippen molar-refractivity contribution in [2.75, 3.05) is 6.61 Å². The highest BCUT2D eigenvalue weighted by molar-refractivity contribution is 5.91. The van der Waals surface area contributed by atoms with Gasteiger partial charge in [0.1, 0.15) is 18.5 Å². The molecular formula is C46H44O11. The Labute approximate surface area is 331 Å². The van der Waals surface area contributed by atoms with Gasteiger partial charge in [-0.05, 0) is 78.1 Å². The van der Waals surface area contributed by atoms with Crippen LogP contribution in [-0.4, -0.2) is 65.8 Å². The lowest BCUT2D eigenvalue weighted by Crippen LogP contribution is -2.70. The maximum atomic E-state index is 13.9. The van der Waals surface area contributed by atoms with Gasteiger partial charge in [-0.25, -0.2) is 14.4 Å². The lowest BCUT2D eigenvalue weighted by molar-refractivity contribution is -0.309. The summed E-state index contributed by atoms with van der Waals surface area (Å²) < 4.78 is 37.2. The first-order valence-corrected chi connectivity index (χ1v) is 18.6. The monoisotopic (exact) mass is 772 g/mol. The minimum atomic E-state index is -1.93. The molecule has 11 heteroatoms. The summed E-state index contributed by atoms with van der Waals surface area (Å²) in [7, 11) is 0. The van der Waals surface area contributed by atoms with E-state index in [1.807, 2.05) is 30.3 Å². The van der Waals surface area contributed by atoms with E-state index in [1.54, 1.807) is 103 Å². The van der Waals surface area contributed by atoms with E-state index < -0.39 is 60.7 Å². The second-order valence-electron chi connectivity index (χ2n) is 13.7. The number of esters is 4. The van der Waals surface area contributed by atoms with Crippen molar-refractivity contribution in [2.45, 2.75) is 70.4 Å². The number of hydrogen-bond acceptors (Lipinski definition) is 11. The first-order valence-electron chi connectivity index (χ1n) is 18.6. The van der Waals surface area contributed by atoms with Crippen LogP contribution in [0.1, 0.15) is 74.1 Å². The molecule has 5 aromatic carbocycles. The average molecular weight is 773 g/mol. The van der Waals surface area contributed by atoms with Gasteiger partial charge in [-0.15, -0.1) is 0 Å². The van der Waals surface area contributed by atoms with Gasteiger partial charge in [-0.3, -0.25) is 4.79 Å². The van der Waals surface area contributed by atoms with Crippen LogP contribution in [0.25, 0.3) is 0 Å². The second-order valence-corrected chi connectivity index (χ2v) is 13.7. The van der Waals surface area contributed by atoms with Gasteiger partial charge in [-0.1, -0.05) is 97.9 Å². The van der Waals surface area contributed by atoms with Gasteiger partial charge in [0.2, 0.25) is 12.4 Å². The number of rotatable bonds is 14. The topological polar surface area (TPSA) is 144 Å². The van der Waals surface area contributed by atoms with Crippen LogP contribution in [0.5, 0.6) is 5.75 Å². The largest absolute Gasteiger partial charge is 0.460 e. The first kappa shape index (κ1) is 40.4. The number of hydrogen-bond donors (Lipinski definition) is 1. The Morgan fingerprint density at radius 1 is 0.684 bits per heavy atom. The van der Waals surface area contributed by atoms with Gasteiger partial charge in [0.05, 0.1) is 23.3 Å². The minimum absolute atomic E-state index is 0.166. The lowest BCUT2D eigenvalue weighted by atomic mass is 9.85. The van der Waals surface area contributed by atoms with Crippen molar-refractivity contribution in [3.63, 3.8) is 0 Å². The fraction of sp³-hybridized carbons (Fsp3) is 0.261. The van der Waals surface area contributed by atoms with Crippen molar-refractivity contribution in [1.82, 2.24) is 0 Å². The molecular weight excluding hydrogens is 728 g/mol. The third-order valence-corrected chi connectivity index (χ3v) is 9.69. The maximum absolute atomic E-state index is 13.9. The van der Waals surface area contributed by atoms with Crippen LogP contribution >= 0.6 is 0 Å². The zero-order chi connectivity index (χ0) is 40.4. The average Bonchev–Trinajstić information content (AvgIpc) is 3.23. The highest BCUT2D eigenvalue weighted by atomic mass is 16.7. The van der Waals surface area contributed by atoms with Crippen molar-refractivity contribution in [3.05, 3.63) is 172 Å². The number of ether oxygens (including phenoxy) is 6. The molecule has 294 valence electrons. The van der Waals surface area contributed by atoms with Crippen LogP contribution in [0, 0.1) is 0 Å². The van der Waals surface area contributed by atoms with E-state index in [0.717, 1.165) is 12.0 Å². The fourth-order valence-electron chi connectivity index (χ4n) is 6.58. The number of aliphatic hydroxyl groups excluding tert-OH is 1. The molecule has 0 spiro atoms. The summed E-state index contributed by atoms with van der Waals surface area (Å²) in [5, 5.41) is 10.2. The zero-order valence-electron chi connectivity index (χ0n) is 31.9. The molecule has 5 atom stereocenters. The van der Waals surface area contributed by atoms with E-state index in [-0.39, 0.29) is 29.0 Å². The quantitative estimate of drug-likeness (QED) is 0.0915. The van der Waals surface area contributed by atoms with Gasteiger partial charge in [-0.2, -0.15) is 0 Å². The van der Waals surface area contributed by atoms with Crippen molar-refractivity contribution >= 4 is 23.9 Å². The van der Waals surface area contributed by atoms with Crippen LogP contribution in [0.4, 0.5) is 0 Å². The third kappa shape index (κ3) is 9.93. The number of carbonyl (C=O) groups is 4. The molecule has 1 fully saturated rings. The molecule has 1 aliphatic heterocycles. The molecule has 0 unspecified atom stereocenters. The minimum Gasteiger partial charge on any atom is -0.460 e. The van der Waals surface area contributed by atoms with Crippen molar-refractivity contribution < 1.29 is 52.7 Å². The summed E-state index contributed by atoms with van der Waals surface area (Å²) in [6.07, 6.45) is -4.76. The number of aryl methyl sites for hydroxylation is 1. The molecule has 0 bridgehead atoms. The second kappa shape index (κ2) is 18.6. The van der Waals surface area contributed by atoms with Gasteiger partial charge in [0.15, 0.2) is 11.7 Å². The summed E-state index contributed by atoms with van der Waals surface area (Å²) in [5.74, 6) is -2.82. The fourth-order valence-corrected chi connectivity index (χ4v) is 6.58. The summed E-state index contributed by atoms with van der Waals surface area (Å²) in [6, 6.07) is 37.9. The Morgan fingerprint density at radius 3 is 1.75 bits per heavy atom. The van der Waals surface area contributed by atoms with Crippen molar-refractivity contribution in [3.8, 4) is 5.75 Å². The van der Waals surface area contributed by atoms with E-state index >= 15 is 0 Å². The zero-order valence-corrected chi connectivity index (χ0v) is 31.9. The van der Waals surface area contributed by atoms with Crippen LogP contribution in [0.15, 0.2) is 133 Å². The molecule has 1 aliphatic rings. The van der Waals surface area contributed by atoms with Crippen LogP contribution in [0.2, 0.25) is 0 Å². The van der Waals surface area contributed by atoms with E-state index in [2.05, 4.69) is 6.92 Å². The molecule has 6 rings (SSSR count). The first-order chi connectivity index (χ1) is 27.6. The standard InChI is InChI=1S/C46H44O11/c1-4-31-20-22-32(23-21-31)26-37-25-24-33(28-47)27-38(37)53-45-40(55-43(50)35-16-10-6-11-17-35)41(56-44(51)36-18-12-7-13-19-36)46(3,57-30(2)48)39(54-45)29-52-42(49)34-14-8-5-9-15-34/h5-25,27,39-41,45,47H,4,26,28-29H2,1-3H3/t39-,40-,41-,45+,46-/m1/s1. The highest BCUT2D eigenvalue weighted by Crippen LogP contribution is 2.40. The lowest BCUT2D eigenvalue weighted by Gasteiger charge is -2.50. The van der Waals surface area contributed by atoms with E-state index in [9.17, 15) is 24.3 Å². The molecule has 57 heavy (non-hydrogen) atoms. The van der Waals surface area contributed by atoms with Crippen LogP contribution < -0.4 is 4.74 Å². The molecule has 1 saturated heterocycles. The Morgan fingerprint density at radius 2 is 1.21 bits per heavy atom. The van der Waals surface area contributed by atoms with E-state index in [1.165, 1.54) is 19.4 Å². The van der Waals surface area contributed by atoms with Crippen LogP contribution in [0.3, 0.4) is 0 Å². The van der Waals surface area contributed by atoms with Gasteiger partial charge in [0.25, 0.3) is 0 Å². The number of benzene rings is 5. The number of carbonyl (C=O) groups excluding carboxylic acids is 4. The summed E-state index contributed by atoms with van der Waals surface area (Å²) >= 11 is 0. The molecule has 5 aromatic rings. The Kier molecular flexibility index (Phi) is 13.1. The predicted octanol–water partition coefficient (Wildman–Crippen LogP) is 7.07. The third-order valence-electron chi connectivity index (χ3n) is 9.69. The molecule has 0 aromatic heterocycles. The Hall–Kier alpha value is -6.30. The predicted molar refractivity (Wildman–Crippen MR) is 208 cm³/mol. The van der Waals surface area contributed by atoms with Gasteiger partial charge >= 0.3 is 23.9 Å². The summed E-state index contributed by atoms with van der Waals surface area (Å²) in [5.41, 5.74) is 2.05. The van der Waals surface area contributed by atoms with Crippen molar-refractivity contribution in [2.24, 2.45) is 0 Å². The summed E-state index contributed by atoms with van der Waals surface area (Å²) in [6.45, 7) is 3.90.